The molecule has 33 heavy (non-hydrogen) atoms. The summed E-state index contributed by atoms with van der Waals surface area (Å²) in [4.78, 5) is 31.1. The van der Waals surface area contributed by atoms with E-state index in [0.717, 1.165) is 31.5 Å². The molecule has 3 N–H and O–H groups in total. The van der Waals surface area contributed by atoms with Crippen molar-refractivity contribution in [2.75, 3.05) is 30.3 Å². The lowest BCUT2D eigenvalue weighted by molar-refractivity contribution is -0.334. The molecule has 0 saturated carbocycles. The first-order chi connectivity index (χ1) is 15.9. The summed E-state index contributed by atoms with van der Waals surface area (Å²) in [5.74, 6) is -0.802. The Balaban J connectivity index is 1.35. The molecular formula is C22H23F2N5O4. The van der Waals surface area contributed by atoms with Crippen LogP contribution in [0, 0.1) is 0 Å². The van der Waals surface area contributed by atoms with Gasteiger partial charge in [-0.3, -0.25) is 19.8 Å². The van der Waals surface area contributed by atoms with E-state index in [0.29, 0.717) is 30.9 Å². The van der Waals surface area contributed by atoms with E-state index in [1.165, 1.54) is 0 Å². The number of anilines is 2. The fourth-order valence-electron chi connectivity index (χ4n) is 3.54. The first kappa shape index (κ1) is 22.5. The molecule has 9 nitrogen and oxygen atoms in total. The summed E-state index contributed by atoms with van der Waals surface area (Å²) in [5, 5.41) is 8.19. The molecule has 4 rings (SSSR count). The number of rotatable bonds is 8. The lowest BCUT2D eigenvalue weighted by Crippen LogP contribution is -2.31. The summed E-state index contributed by atoms with van der Waals surface area (Å²) >= 11 is 0. The molecule has 0 bridgehead atoms. The number of likely N-dealkylation sites (tertiary alicyclic amines) is 1. The van der Waals surface area contributed by atoms with E-state index in [9.17, 15) is 18.4 Å². The zero-order valence-corrected chi connectivity index (χ0v) is 17.6. The lowest BCUT2D eigenvalue weighted by atomic mass is 10.1. The van der Waals surface area contributed by atoms with Crippen molar-refractivity contribution >= 4 is 23.3 Å². The van der Waals surface area contributed by atoms with Gasteiger partial charge in [0.05, 0.1) is 12.1 Å². The largest absolute Gasteiger partial charge is 0.586 e. The number of para-hydroxylation sites is 1. The van der Waals surface area contributed by atoms with Crippen LogP contribution in [0.15, 0.2) is 54.7 Å². The molecule has 174 valence electrons. The summed E-state index contributed by atoms with van der Waals surface area (Å²) in [7, 11) is 0. The Labute approximate surface area is 188 Å². The van der Waals surface area contributed by atoms with E-state index in [-0.39, 0.29) is 11.5 Å². The molecule has 11 heteroatoms. The summed E-state index contributed by atoms with van der Waals surface area (Å²) in [6, 6.07) is 10.1. The standard InChI is InChI=1S/C22H23F2N5O4/c23-22(24)32-14-20(33-22)28-21(31)16-5-1-2-6-17(16)26-12-15-7-8-25-18(11-15)27-19(30)13-29-9-3-4-10-29/h1-2,5-8,11,14,26H,3-4,9-10,12-13H2,(H,28,31)(H,25,27,30). The highest BCUT2D eigenvalue weighted by atomic mass is 19.3. The SMILES string of the molecule is O=C(CN1CCCC1)Nc1cc(CNc2ccccc2C(=O)NC2=COC(F)(F)O2)ccn1. The van der Waals surface area contributed by atoms with Gasteiger partial charge in [-0.05, 0) is 55.8 Å². The maximum absolute atomic E-state index is 13.0. The number of amides is 2. The second-order valence-electron chi connectivity index (χ2n) is 7.60. The second-order valence-corrected chi connectivity index (χ2v) is 7.60. The number of ether oxygens (including phenoxy) is 2. The Morgan fingerprint density at radius 2 is 1.91 bits per heavy atom. The third kappa shape index (κ3) is 6.16. The van der Waals surface area contributed by atoms with Gasteiger partial charge in [0.25, 0.3) is 5.91 Å². The molecular weight excluding hydrogens is 436 g/mol. The van der Waals surface area contributed by atoms with Crippen molar-refractivity contribution in [3.8, 4) is 0 Å². The number of nitrogens with zero attached hydrogens (tertiary/aromatic N) is 2. The predicted octanol–water partition coefficient (Wildman–Crippen LogP) is 2.85. The van der Waals surface area contributed by atoms with Crippen LogP contribution in [0.4, 0.5) is 20.3 Å². The minimum atomic E-state index is -3.80. The van der Waals surface area contributed by atoms with Crippen LogP contribution in [0.5, 0.6) is 0 Å². The molecule has 2 aliphatic rings. The summed E-state index contributed by atoms with van der Waals surface area (Å²) in [6.45, 7) is 2.53. The lowest BCUT2D eigenvalue weighted by Gasteiger charge is -2.15. The van der Waals surface area contributed by atoms with E-state index in [2.05, 4.69) is 35.3 Å². The van der Waals surface area contributed by atoms with Crippen molar-refractivity contribution in [3.63, 3.8) is 0 Å². The molecule has 0 atom stereocenters. The third-order valence-electron chi connectivity index (χ3n) is 5.08. The first-order valence-electron chi connectivity index (χ1n) is 10.4. The van der Waals surface area contributed by atoms with Gasteiger partial charge in [-0.1, -0.05) is 12.1 Å². The highest BCUT2D eigenvalue weighted by molar-refractivity contribution is 6.00. The highest BCUT2D eigenvalue weighted by Crippen LogP contribution is 2.27. The summed E-state index contributed by atoms with van der Waals surface area (Å²) < 4.78 is 34.1. The first-order valence-corrected chi connectivity index (χ1v) is 10.4. The van der Waals surface area contributed by atoms with Crippen LogP contribution < -0.4 is 16.0 Å². The van der Waals surface area contributed by atoms with Crippen LogP contribution in [0.2, 0.25) is 0 Å². The second kappa shape index (κ2) is 9.82. The zero-order valence-electron chi connectivity index (χ0n) is 17.6. The minimum absolute atomic E-state index is 0.116. The van der Waals surface area contributed by atoms with Gasteiger partial charge in [0.2, 0.25) is 11.8 Å². The van der Waals surface area contributed by atoms with Crippen molar-refractivity contribution in [2.24, 2.45) is 0 Å². The molecule has 3 heterocycles. The number of benzene rings is 1. The average Bonchev–Trinajstić information content (AvgIpc) is 3.41. The van der Waals surface area contributed by atoms with Gasteiger partial charge >= 0.3 is 6.29 Å². The number of carbonyl (C=O) groups excluding carboxylic acids is 2. The fourth-order valence-corrected chi connectivity index (χ4v) is 3.54. The molecule has 1 aromatic carbocycles. The molecule has 0 unspecified atom stereocenters. The number of nitrogens with one attached hydrogen (secondary N) is 3. The van der Waals surface area contributed by atoms with Crippen molar-refractivity contribution in [1.29, 1.82) is 0 Å². The van der Waals surface area contributed by atoms with Gasteiger partial charge in [-0.25, -0.2) is 4.98 Å². The van der Waals surface area contributed by atoms with Crippen LogP contribution in [0.25, 0.3) is 0 Å². The van der Waals surface area contributed by atoms with Crippen LogP contribution in [-0.4, -0.2) is 47.6 Å². The topological polar surface area (TPSA) is 105 Å². The predicted molar refractivity (Wildman–Crippen MR) is 115 cm³/mol. The maximum atomic E-state index is 13.0. The molecule has 1 fully saturated rings. The van der Waals surface area contributed by atoms with Gasteiger partial charge in [0, 0.05) is 18.4 Å². The number of hydrogen-bond donors (Lipinski definition) is 3. The minimum Gasteiger partial charge on any atom is -0.402 e. The van der Waals surface area contributed by atoms with Crippen LogP contribution in [0.1, 0.15) is 28.8 Å². The zero-order chi connectivity index (χ0) is 23.3. The Morgan fingerprint density at radius 3 is 2.67 bits per heavy atom. The molecule has 1 aromatic heterocycles. The van der Waals surface area contributed by atoms with E-state index in [4.69, 9.17) is 0 Å². The van der Waals surface area contributed by atoms with E-state index in [1.807, 2.05) is 0 Å². The molecule has 0 aliphatic carbocycles. The van der Waals surface area contributed by atoms with Crippen molar-refractivity contribution in [1.82, 2.24) is 15.2 Å². The van der Waals surface area contributed by atoms with E-state index < -0.39 is 18.1 Å². The van der Waals surface area contributed by atoms with Gasteiger partial charge in [-0.15, -0.1) is 8.78 Å². The summed E-state index contributed by atoms with van der Waals surface area (Å²) in [6.07, 6.45) is 0.646. The number of alkyl halides is 2. The van der Waals surface area contributed by atoms with Crippen LogP contribution >= 0.6 is 0 Å². The smallest absolute Gasteiger partial charge is 0.402 e. The Kier molecular flexibility index (Phi) is 6.68. The van der Waals surface area contributed by atoms with Gasteiger partial charge in [0.1, 0.15) is 5.82 Å². The number of carbonyl (C=O) groups is 2. The quantitative estimate of drug-likeness (QED) is 0.558. The average molecular weight is 459 g/mol. The Bertz CT molecular complexity index is 1060. The van der Waals surface area contributed by atoms with Crippen molar-refractivity contribution in [2.45, 2.75) is 25.7 Å². The highest BCUT2D eigenvalue weighted by Gasteiger charge is 2.41. The van der Waals surface area contributed by atoms with Gasteiger partial charge in [0.15, 0.2) is 6.26 Å². The molecule has 1 saturated heterocycles. The van der Waals surface area contributed by atoms with Gasteiger partial charge in [-0.2, -0.15) is 0 Å². The normalized spacial score (nSPS) is 17.0. The van der Waals surface area contributed by atoms with Crippen molar-refractivity contribution < 1.29 is 27.8 Å². The summed E-state index contributed by atoms with van der Waals surface area (Å²) in [5.41, 5.74) is 1.54. The fraction of sp³-hybridized carbons (Fsp3) is 0.318. The number of halogens is 2. The van der Waals surface area contributed by atoms with Gasteiger partial charge < -0.3 is 20.1 Å². The molecule has 2 aromatic rings. The van der Waals surface area contributed by atoms with E-state index >= 15 is 0 Å². The Morgan fingerprint density at radius 1 is 1.12 bits per heavy atom. The molecule has 0 spiro atoms. The maximum Gasteiger partial charge on any atom is 0.586 e. The number of aromatic nitrogens is 1. The van der Waals surface area contributed by atoms with E-state index in [1.54, 1.807) is 42.6 Å². The van der Waals surface area contributed by atoms with Crippen LogP contribution in [0.3, 0.4) is 0 Å². The number of hydrogen-bond acceptors (Lipinski definition) is 7. The Hall–Kier alpha value is -3.73. The third-order valence-corrected chi connectivity index (χ3v) is 5.08. The monoisotopic (exact) mass is 459 g/mol. The van der Waals surface area contributed by atoms with Crippen molar-refractivity contribution in [3.05, 3.63) is 65.9 Å². The molecule has 2 amide bonds. The van der Waals surface area contributed by atoms with Crippen LogP contribution in [-0.2, 0) is 20.8 Å². The molecule has 0 radical (unpaired) electrons. The number of pyridine rings is 1. The molecule has 2 aliphatic heterocycles.